The van der Waals surface area contributed by atoms with Crippen molar-refractivity contribution < 1.29 is 9.63 Å². The van der Waals surface area contributed by atoms with E-state index in [0.717, 1.165) is 49.8 Å². The van der Waals surface area contributed by atoms with Gasteiger partial charge in [0.2, 0.25) is 0 Å². The Bertz CT molecular complexity index is 707. The van der Waals surface area contributed by atoms with Crippen LogP contribution < -0.4 is 5.32 Å². The van der Waals surface area contributed by atoms with E-state index in [4.69, 9.17) is 4.84 Å². The average molecular weight is 385 g/mol. The minimum absolute atomic E-state index is 0.0118. The van der Waals surface area contributed by atoms with E-state index in [1.807, 2.05) is 0 Å². The van der Waals surface area contributed by atoms with Crippen molar-refractivity contribution in [2.45, 2.75) is 84.1 Å². The van der Waals surface area contributed by atoms with E-state index in [-0.39, 0.29) is 5.41 Å². The number of carbonyl (C=O) groups is 1. The van der Waals surface area contributed by atoms with Crippen molar-refractivity contribution in [2.24, 2.45) is 33.7 Å². The minimum Gasteiger partial charge on any atom is -0.394 e. The summed E-state index contributed by atoms with van der Waals surface area (Å²) in [6, 6.07) is 0.479. The molecule has 5 aliphatic rings. The predicted molar refractivity (Wildman–Crippen MR) is 111 cm³/mol. The lowest BCUT2D eigenvalue weighted by Gasteiger charge is -2.57. The number of Topliss-reactive ketones (excluding diaryl/α,β-unsaturated/α-hetero) is 1. The summed E-state index contributed by atoms with van der Waals surface area (Å²) in [4.78, 5) is 18.3. The van der Waals surface area contributed by atoms with Crippen LogP contribution in [-0.2, 0) is 9.63 Å². The van der Waals surface area contributed by atoms with Crippen LogP contribution in [0, 0.1) is 28.6 Å². The Labute approximate surface area is 169 Å². The lowest BCUT2D eigenvalue weighted by atomic mass is 9.47. The Hall–Kier alpha value is -1.16. The monoisotopic (exact) mass is 384 g/mol. The normalized spacial score (nSPS) is 46.7. The standard InChI is InChI=1S/C24H36N2O2/c1-23-11-9-17(26-28-15-18-4-3-13-25-18)14-16(23)5-6-19-20-7-8-22(27)24(20,2)12-10-21(19)23/h14,18-21,25H,3-13,15H2,1-2H3/b26-17+/t18?,19?,20?,21?,23-,24-/m0/s1. The van der Waals surface area contributed by atoms with Gasteiger partial charge in [-0.2, -0.15) is 0 Å². The van der Waals surface area contributed by atoms with Gasteiger partial charge in [0.25, 0.3) is 0 Å². The van der Waals surface area contributed by atoms with Gasteiger partial charge in [-0.3, -0.25) is 4.79 Å². The van der Waals surface area contributed by atoms with Crippen LogP contribution in [0.1, 0.15) is 78.1 Å². The van der Waals surface area contributed by atoms with Crippen molar-refractivity contribution in [1.29, 1.82) is 0 Å². The van der Waals surface area contributed by atoms with Gasteiger partial charge in [0.05, 0.1) is 5.71 Å². The molecule has 4 unspecified atom stereocenters. The van der Waals surface area contributed by atoms with E-state index < -0.39 is 0 Å². The van der Waals surface area contributed by atoms with Crippen LogP contribution in [0.3, 0.4) is 0 Å². The highest BCUT2D eigenvalue weighted by Crippen LogP contribution is 2.64. The zero-order valence-electron chi connectivity index (χ0n) is 17.6. The number of hydrogen-bond donors (Lipinski definition) is 1. The highest BCUT2D eigenvalue weighted by atomic mass is 16.6. The molecule has 1 saturated heterocycles. The molecule has 0 amide bonds. The number of fused-ring (bicyclic) bond motifs is 5. The Balaban J connectivity index is 1.31. The number of hydrogen-bond acceptors (Lipinski definition) is 4. The summed E-state index contributed by atoms with van der Waals surface area (Å²) in [5, 5.41) is 7.97. The molecule has 28 heavy (non-hydrogen) atoms. The fraction of sp³-hybridized carbons (Fsp3) is 0.833. The third-order valence-corrected chi connectivity index (χ3v) is 9.31. The number of nitrogens with one attached hydrogen (secondary N) is 1. The van der Waals surface area contributed by atoms with Gasteiger partial charge in [-0.25, -0.2) is 0 Å². The molecule has 4 nitrogen and oxygen atoms in total. The van der Waals surface area contributed by atoms with Gasteiger partial charge >= 0.3 is 0 Å². The molecule has 4 aliphatic carbocycles. The quantitative estimate of drug-likeness (QED) is 0.721. The summed E-state index contributed by atoms with van der Waals surface area (Å²) in [6.45, 7) is 6.60. The van der Waals surface area contributed by atoms with Crippen molar-refractivity contribution >= 4 is 11.5 Å². The highest BCUT2D eigenvalue weighted by molar-refractivity contribution is 5.96. The second-order valence-corrected chi connectivity index (χ2v) is 10.6. The third kappa shape index (κ3) is 2.89. The maximum Gasteiger partial charge on any atom is 0.139 e. The predicted octanol–water partition coefficient (Wildman–Crippen LogP) is 4.64. The second-order valence-electron chi connectivity index (χ2n) is 10.6. The van der Waals surface area contributed by atoms with Gasteiger partial charge in [-0.05, 0) is 93.6 Å². The maximum atomic E-state index is 12.6. The van der Waals surface area contributed by atoms with Gasteiger partial charge in [0.15, 0.2) is 0 Å². The smallest absolute Gasteiger partial charge is 0.139 e. The SMILES string of the molecule is C[C@]12CC/C(=N\OCC3CCCN3)C=C1CCC1C2CC[C@]2(C)C(=O)CCC12. The molecule has 5 rings (SSSR count). The molecular formula is C24H36N2O2. The van der Waals surface area contributed by atoms with Gasteiger partial charge in [-0.15, -0.1) is 0 Å². The zero-order valence-corrected chi connectivity index (χ0v) is 17.6. The fourth-order valence-corrected chi connectivity index (χ4v) is 7.52. The van der Waals surface area contributed by atoms with Crippen molar-refractivity contribution in [1.82, 2.24) is 5.32 Å². The molecule has 1 heterocycles. The van der Waals surface area contributed by atoms with Gasteiger partial charge in [-0.1, -0.05) is 24.6 Å². The first-order chi connectivity index (χ1) is 13.5. The Kier molecular flexibility index (Phi) is 4.69. The Morgan fingerprint density at radius 2 is 1.93 bits per heavy atom. The van der Waals surface area contributed by atoms with E-state index in [1.165, 1.54) is 38.5 Å². The van der Waals surface area contributed by atoms with Crippen LogP contribution in [0.4, 0.5) is 0 Å². The maximum absolute atomic E-state index is 12.6. The van der Waals surface area contributed by atoms with Gasteiger partial charge in [0.1, 0.15) is 12.4 Å². The first kappa shape index (κ1) is 18.8. The van der Waals surface area contributed by atoms with Crippen LogP contribution in [0.2, 0.25) is 0 Å². The van der Waals surface area contributed by atoms with Crippen molar-refractivity contribution in [3.8, 4) is 0 Å². The molecule has 154 valence electrons. The van der Waals surface area contributed by atoms with Crippen LogP contribution in [-0.4, -0.2) is 30.7 Å². The third-order valence-electron chi connectivity index (χ3n) is 9.31. The Morgan fingerprint density at radius 1 is 1.07 bits per heavy atom. The summed E-state index contributed by atoms with van der Waals surface area (Å²) in [7, 11) is 0. The largest absolute Gasteiger partial charge is 0.394 e. The van der Waals surface area contributed by atoms with E-state index in [9.17, 15) is 4.79 Å². The second kappa shape index (κ2) is 6.97. The molecule has 0 bridgehead atoms. The van der Waals surface area contributed by atoms with Gasteiger partial charge in [0, 0.05) is 17.9 Å². The van der Waals surface area contributed by atoms with Crippen molar-refractivity contribution in [3.63, 3.8) is 0 Å². The number of ketones is 1. The number of oxime groups is 1. The molecule has 1 aliphatic heterocycles. The summed E-state index contributed by atoms with van der Waals surface area (Å²) in [6.07, 6.45) is 13.8. The molecule has 1 N–H and O–H groups in total. The van der Waals surface area contributed by atoms with Crippen LogP contribution in [0.5, 0.6) is 0 Å². The van der Waals surface area contributed by atoms with E-state index in [2.05, 4.69) is 30.4 Å². The molecular weight excluding hydrogens is 348 g/mol. The number of nitrogens with zero attached hydrogens (tertiary/aromatic N) is 1. The summed E-state index contributed by atoms with van der Waals surface area (Å²) in [5.74, 6) is 2.68. The molecule has 0 aromatic carbocycles. The van der Waals surface area contributed by atoms with E-state index in [1.54, 1.807) is 5.57 Å². The zero-order chi connectivity index (χ0) is 19.4. The summed E-state index contributed by atoms with van der Waals surface area (Å²) < 4.78 is 0. The summed E-state index contributed by atoms with van der Waals surface area (Å²) in [5.41, 5.74) is 3.04. The Morgan fingerprint density at radius 3 is 2.75 bits per heavy atom. The van der Waals surface area contributed by atoms with Crippen molar-refractivity contribution in [2.75, 3.05) is 13.2 Å². The number of rotatable bonds is 3. The lowest BCUT2D eigenvalue weighted by Crippen LogP contribution is -2.50. The fourth-order valence-electron chi connectivity index (χ4n) is 7.52. The molecule has 0 aromatic heterocycles. The van der Waals surface area contributed by atoms with E-state index in [0.29, 0.717) is 29.8 Å². The molecule has 3 saturated carbocycles. The number of carbonyl (C=O) groups excluding carboxylic acids is 1. The van der Waals surface area contributed by atoms with Gasteiger partial charge < -0.3 is 10.2 Å². The minimum atomic E-state index is -0.0118. The molecule has 0 spiro atoms. The first-order valence-electron chi connectivity index (χ1n) is 11.7. The van der Waals surface area contributed by atoms with Crippen LogP contribution in [0.25, 0.3) is 0 Å². The lowest BCUT2D eigenvalue weighted by molar-refractivity contribution is -0.132. The van der Waals surface area contributed by atoms with E-state index >= 15 is 0 Å². The molecule has 4 fully saturated rings. The molecule has 0 radical (unpaired) electrons. The molecule has 0 aromatic rings. The molecule has 4 heteroatoms. The van der Waals surface area contributed by atoms with Crippen LogP contribution >= 0.6 is 0 Å². The molecule has 6 atom stereocenters. The topological polar surface area (TPSA) is 50.7 Å². The number of allylic oxidation sites excluding steroid dienone is 2. The van der Waals surface area contributed by atoms with Crippen LogP contribution in [0.15, 0.2) is 16.8 Å². The summed E-state index contributed by atoms with van der Waals surface area (Å²) >= 11 is 0. The average Bonchev–Trinajstić information content (AvgIpc) is 3.30. The van der Waals surface area contributed by atoms with Crippen molar-refractivity contribution in [3.05, 3.63) is 11.6 Å². The first-order valence-corrected chi connectivity index (χ1v) is 11.7. The highest BCUT2D eigenvalue weighted by Gasteiger charge is 2.58.